The van der Waals surface area contributed by atoms with Crippen molar-refractivity contribution < 1.29 is 28.7 Å². The quantitative estimate of drug-likeness (QED) is 0.263. The summed E-state index contributed by atoms with van der Waals surface area (Å²) in [6.45, 7) is 26.3. The molecule has 1 amide bonds. The Morgan fingerprint density at radius 2 is 1.69 bits per heavy atom. The van der Waals surface area contributed by atoms with Gasteiger partial charge in [-0.2, -0.15) is 0 Å². The number of esters is 1. The minimum Gasteiger partial charge on any atom is -0.464 e. The first-order chi connectivity index (χ1) is 20.7. The van der Waals surface area contributed by atoms with Gasteiger partial charge in [0.1, 0.15) is 12.1 Å². The molecule has 0 aromatic carbocycles. The normalized spacial score (nSPS) is 40.3. The maximum absolute atomic E-state index is 14.6. The maximum atomic E-state index is 14.6. The summed E-state index contributed by atoms with van der Waals surface area (Å²) in [7, 11) is 0. The van der Waals surface area contributed by atoms with Crippen LogP contribution in [-0.2, 0) is 23.9 Å². The molecule has 3 fully saturated rings. The van der Waals surface area contributed by atoms with E-state index in [1.54, 1.807) is 20.8 Å². The molecule has 0 bridgehead atoms. The summed E-state index contributed by atoms with van der Waals surface area (Å²) in [6, 6.07) is 0. The van der Waals surface area contributed by atoms with Crippen LogP contribution in [0.2, 0.25) is 0 Å². The minimum atomic E-state index is -0.667. The minimum absolute atomic E-state index is 0.0421. The van der Waals surface area contributed by atoms with Gasteiger partial charge in [-0.3, -0.25) is 9.59 Å². The Hall–Kier alpha value is -2.95. The maximum Gasteiger partial charge on any atom is 0.408 e. The molecule has 1 N–H and O–H groups in total. The molecule has 5 aliphatic carbocycles. The summed E-state index contributed by atoms with van der Waals surface area (Å²) in [4.78, 5) is 56.2. The molecule has 5 rings (SSSR count). The van der Waals surface area contributed by atoms with Gasteiger partial charge >= 0.3 is 12.1 Å². The van der Waals surface area contributed by atoms with Crippen LogP contribution in [0.4, 0.5) is 4.79 Å². The van der Waals surface area contributed by atoms with Crippen molar-refractivity contribution in [2.75, 3.05) is 13.2 Å². The summed E-state index contributed by atoms with van der Waals surface area (Å²) in [5.74, 6) is -0.818. The third-order valence-electron chi connectivity index (χ3n) is 13.0. The molecule has 0 aliphatic heterocycles. The lowest BCUT2D eigenvalue weighted by molar-refractivity contribution is -0.183. The van der Waals surface area contributed by atoms with Crippen LogP contribution in [0.5, 0.6) is 0 Å². The third kappa shape index (κ3) is 5.36. The summed E-state index contributed by atoms with van der Waals surface area (Å²) in [5, 5.41) is 2.50. The highest BCUT2D eigenvalue weighted by Gasteiger charge is 2.69. The van der Waals surface area contributed by atoms with Gasteiger partial charge in [0.2, 0.25) is 5.70 Å². The van der Waals surface area contributed by atoms with Crippen molar-refractivity contribution >= 4 is 23.6 Å². The smallest absolute Gasteiger partial charge is 0.408 e. The van der Waals surface area contributed by atoms with Crippen molar-refractivity contribution in [1.82, 2.24) is 5.32 Å². The Kier molecular flexibility index (Phi) is 8.03. The molecular formula is C37H52N2O6. The number of amides is 1. The van der Waals surface area contributed by atoms with Crippen LogP contribution in [0.15, 0.2) is 23.4 Å². The second-order valence-corrected chi connectivity index (χ2v) is 17.3. The molecule has 0 saturated heterocycles. The van der Waals surface area contributed by atoms with E-state index >= 15 is 0 Å². The molecular weight excluding hydrogens is 568 g/mol. The van der Waals surface area contributed by atoms with E-state index in [1.807, 2.05) is 19.1 Å². The number of allylic oxidation sites excluding steroid dienone is 4. The first-order valence-corrected chi connectivity index (χ1v) is 16.8. The Morgan fingerprint density at radius 1 is 1.02 bits per heavy atom. The van der Waals surface area contributed by atoms with Crippen molar-refractivity contribution in [1.29, 1.82) is 0 Å². The number of carbonyl (C=O) groups excluding carboxylic acids is 4. The van der Waals surface area contributed by atoms with Gasteiger partial charge in [0, 0.05) is 22.7 Å². The van der Waals surface area contributed by atoms with Gasteiger partial charge in [0.25, 0.3) is 0 Å². The lowest BCUT2D eigenvalue weighted by Crippen LogP contribution is -2.64. The average Bonchev–Trinajstić information content (AvgIpc) is 2.93. The van der Waals surface area contributed by atoms with Crippen molar-refractivity contribution in [2.24, 2.45) is 50.7 Å². The van der Waals surface area contributed by atoms with Crippen molar-refractivity contribution in [3.05, 3.63) is 34.8 Å². The lowest BCUT2D eigenvalue weighted by Gasteiger charge is -2.68. The summed E-state index contributed by atoms with van der Waals surface area (Å²) in [5.41, 5.74) is -0.756. The van der Waals surface area contributed by atoms with Gasteiger partial charge in [-0.05, 0) is 99.9 Å². The van der Waals surface area contributed by atoms with E-state index in [4.69, 9.17) is 16.0 Å². The molecule has 0 heterocycles. The van der Waals surface area contributed by atoms with Crippen molar-refractivity contribution in [3.8, 4) is 0 Å². The molecule has 3 saturated carbocycles. The third-order valence-corrected chi connectivity index (χ3v) is 13.0. The van der Waals surface area contributed by atoms with Gasteiger partial charge in [0.05, 0.1) is 13.2 Å². The van der Waals surface area contributed by atoms with E-state index in [0.717, 1.165) is 50.5 Å². The highest BCUT2D eigenvalue weighted by atomic mass is 16.6. The number of nitrogens with one attached hydrogen (secondary N) is 1. The molecule has 5 aliphatic rings. The van der Waals surface area contributed by atoms with E-state index < -0.39 is 23.1 Å². The van der Waals surface area contributed by atoms with Crippen LogP contribution >= 0.6 is 0 Å². The SMILES string of the molecule is [C-]#[N+]C1=C[C@]2(C)C3=CC(=O)[C@@H]4[C@@H]5CC(C)(C)CC[C@]5(COC(=O)CNC(=O)OC(C)(C)C)CC[C@@]4(C)[C@]3(C)CC[C@H]2[C@H](C)C1=O. The number of nitrogens with zero attached hydrogens (tertiary/aromatic N) is 1. The molecule has 0 spiro atoms. The van der Waals surface area contributed by atoms with Gasteiger partial charge in [-0.1, -0.05) is 53.2 Å². The fourth-order valence-corrected chi connectivity index (χ4v) is 10.3. The van der Waals surface area contributed by atoms with Crippen LogP contribution in [-0.4, -0.2) is 42.4 Å². The number of hydrogen-bond acceptors (Lipinski definition) is 6. The lowest BCUT2D eigenvalue weighted by atomic mass is 9.35. The van der Waals surface area contributed by atoms with Crippen LogP contribution < -0.4 is 5.32 Å². The zero-order valence-electron chi connectivity index (χ0n) is 28.7. The van der Waals surface area contributed by atoms with E-state index in [-0.39, 0.29) is 75.7 Å². The summed E-state index contributed by atoms with van der Waals surface area (Å²) >= 11 is 0. The highest BCUT2D eigenvalue weighted by molar-refractivity contribution is 6.01. The monoisotopic (exact) mass is 620 g/mol. The molecule has 0 aromatic heterocycles. The van der Waals surface area contributed by atoms with Gasteiger partial charge in [-0.25, -0.2) is 9.64 Å². The Morgan fingerprint density at radius 3 is 2.33 bits per heavy atom. The number of fused-ring (bicyclic) bond motifs is 7. The van der Waals surface area contributed by atoms with Crippen molar-refractivity contribution in [2.45, 2.75) is 113 Å². The van der Waals surface area contributed by atoms with Crippen LogP contribution in [0.3, 0.4) is 0 Å². The molecule has 0 aromatic rings. The van der Waals surface area contributed by atoms with Crippen LogP contribution in [0, 0.1) is 57.3 Å². The number of carbonyl (C=O) groups is 4. The van der Waals surface area contributed by atoms with E-state index in [2.05, 4.69) is 44.8 Å². The van der Waals surface area contributed by atoms with Gasteiger partial charge in [-0.15, -0.1) is 0 Å². The van der Waals surface area contributed by atoms with Crippen molar-refractivity contribution in [3.63, 3.8) is 0 Å². The number of hydrogen-bond donors (Lipinski definition) is 1. The Labute approximate surface area is 268 Å². The molecule has 8 heteroatoms. The predicted octanol–water partition coefficient (Wildman–Crippen LogP) is 7.24. The summed E-state index contributed by atoms with van der Waals surface area (Å²) in [6.07, 6.45) is 9.32. The highest BCUT2D eigenvalue weighted by Crippen LogP contribution is 2.73. The zero-order chi connectivity index (χ0) is 33.4. The number of alkyl carbamates (subject to hydrolysis) is 1. The number of Topliss-reactive ketones (excluding diaryl/α,β-unsaturated/α-hetero) is 1. The molecule has 45 heavy (non-hydrogen) atoms. The Bertz CT molecular complexity index is 1410. The van der Waals surface area contributed by atoms with E-state index in [0.29, 0.717) is 0 Å². The predicted molar refractivity (Wildman–Crippen MR) is 170 cm³/mol. The van der Waals surface area contributed by atoms with E-state index in [9.17, 15) is 19.2 Å². The van der Waals surface area contributed by atoms with E-state index in [1.165, 1.54) is 0 Å². The second-order valence-electron chi connectivity index (χ2n) is 17.3. The fraction of sp³-hybridized carbons (Fsp3) is 0.757. The average molecular weight is 621 g/mol. The second kappa shape index (κ2) is 10.8. The first kappa shape index (κ1) is 33.4. The molecule has 8 nitrogen and oxygen atoms in total. The van der Waals surface area contributed by atoms with Crippen LogP contribution in [0.25, 0.3) is 4.85 Å². The first-order valence-electron chi connectivity index (χ1n) is 16.8. The summed E-state index contributed by atoms with van der Waals surface area (Å²) < 4.78 is 11.2. The fourth-order valence-electron chi connectivity index (χ4n) is 10.3. The van der Waals surface area contributed by atoms with Crippen LogP contribution in [0.1, 0.15) is 107 Å². The topological polar surface area (TPSA) is 103 Å². The molecule has 0 radical (unpaired) electrons. The number of rotatable bonds is 4. The van der Waals surface area contributed by atoms with Gasteiger partial charge < -0.3 is 19.6 Å². The Balaban J connectivity index is 1.46. The van der Waals surface area contributed by atoms with Gasteiger partial charge in [0.15, 0.2) is 11.6 Å². The molecule has 8 atom stereocenters. The largest absolute Gasteiger partial charge is 0.464 e. The number of ketones is 2. The number of ether oxygens (including phenoxy) is 2. The standard InChI is InChI=1S/C37H52N2O6/c1-22-23-11-12-35(8)27(34(23,7)19-25(38-10)30(22)42)17-26(40)29-24-18-33(5,6)13-15-37(24,16-14-36(29,35)9)21-44-28(41)20-39-31(43)45-32(2,3)4/h17,19,22-24,29H,11-16,18,20-21H2,1-9H3,(H,39,43)/t22-,23-,24-,29-,34-,35+,36+,37+/m0/s1. The molecule has 246 valence electrons. The zero-order valence-corrected chi connectivity index (χ0v) is 28.7. The molecule has 0 unspecified atom stereocenters.